The molecule has 1 aromatic carbocycles. The van der Waals surface area contributed by atoms with E-state index in [9.17, 15) is 9.59 Å². The second-order valence-electron chi connectivity index (χ2n) is 6.11. The van der Waals surface area contributed by atoms with Crippen LogP contribution in [-0.4, -0.2) is 53.1 Å². The number of benzene rings is 1. The minimum absolute atomic E-state index is 0.0614. The third-order valence-electron chi connectivity index (χ3n) is 4.39. The van der Waals surface area contributed by atoms with Gasteiger partial charge in [-0.1, -0.05) is 30.3 Å². The maximum absolute atomic E-state index is 12.4. The third kappa shape index (κ3) is 4.19. The Morgan fingerprint density at radius 1 is 1.16 bits per heavy atom. The van der Waals surface area contributed by atoms with E-state index in [1.165, 1.54) is 18.0 Å². The highest BCUT2D eigenvalue weighted by molar-refractivity contribution is 5.94. The summed E-state index contributed by atoms with van der Waals surface area (Å²) < 4.78 is 0. The monoisotopic (exact) mass is 339 g/mol. The number of likely N-dealkylation sites (tertiary alicyclic amines) is 1. The molecule has 1 aliphatic rings. The first-order chi connectivity index (χ1) is 12.2. The number of carbonyl (C=O) groups excluding carboxylic acids is 2. The van der Waals surface area contributed by atoms with Gasteiger partial charge in [-0.05, 0) is 11.6 Å². The van der Waals surface area contributed by atoms with Gasteiger partial charge in [0.25, 0.3) is 5.91 Å². The largest absolute Gasteiger partial charge is 0.359 e. The van der Waals surface area contributed by atoms with Crippen LogP contribution < -0.4 is 10.6 Å². The van der Waals surface area contributed by atoms with E-state index in [-0.39, 0.29) is 23.8 Å². The summed E-state index contributed by atoms with van der Waals surface area (Å²) in [5.41, 5.74) is 1.62. The topological polar surface area (TPSA) is 87.2 Å². The number of nitrogens with zero attached hydrogens (tertiary/aromatic N) is 3. The molecule has 2 aromatic rings. The van der Waals surface area contributed by atoms with E-state index in [4.69, 9.17) is 0 Å². The van der Waals surface area contributed by atoms with E-state index in [1.54, 1.807) is 13.1 Å². The number of amides is 2. The van der Waals surface area contributed by atoms with Gasteiger partial charge in [-0.2, -0.15) is 10.2 Å². The van der Waals surface area contributed by atoms with Crippen molar-refractivity contribution in [3.05, 3.63) is 59.9 Å². The zero-order valence-electron chi connectivity index (χ0n) is 14.1. The van der Waals surface area contributed by atoms with Crippen LogP contribution in [0.3, 0.4) is 0 Å². The summed E-state index contributed by atoms with van der Waals surface area (Å²) in [6.07, 6.45) is 2.89. The summed E-state index contributed by atoms with van der Waals surface area (Å²) in [6.45, 7) is 1.98. The first kappa shape index (κ1) is 17.0. The van der Waals surface area contributed by atoms with Crippen molar-refractivity contribution in [3.8, 4) is 0 Å². The van der Waals surface area contributed by atoms with Crippen LogP contribution in [-0.2, 0) is 11.3 Å². The van der Waals surface area contributed by atoms with E-state index in [0.717, 1.165) is 6.54 Å². The highest BCUT2D eigenvalue weighted by atomic mass is 16.2. The molecule has 0 radical (unpaired) electrons. The summed E-state index contributed by atoms with van der Waals surface area (Å²) in [6, 6.07) is 11.5. The Balaban J connectivity index is 1.69. The molecule has 2 amide bonds. The third-order valence-corrected chi connectivity index (χ3v) is 4.39. The van der Waals surface area contributed by atoms with Gasteiger partial charge in [-0.25, -0.2) is 0 Å². The highest BCUT2D eigenvalue weighted by Crippen LogP contribution is 2.20. The lowest BCUT2D eigenvalue weighted by atomic mass is 10.0. The van der Waals surface area contributed by atoms with Crippen LogP contribution in [0.1, 0.15) is 15.9 Å². The molecule has 2 heterocycles. The second-order valence-corrected chi connectivity index (χ2v) is 6.11. The van der Waals surface area contributed by atoms with Crippen LogP contribution in [0, 0.1) is 5.92 Å². The van der Waals surface area contributed by atoms with Gasteiger partial charge in [0.05, 0.1) is 29.9 Å². The van der Waals surface area contributed by atoms with Crippen molar-refractivity contribution in [2.75, 3.05) is 20.1 Å². The van der Waals surface area contributed by atoms with Gasteiger partial charge in [0.15, 0.2) is 0 Å². The number of carbonyl (C=O) groups is 2. The SMILES string of the molecule is CNC(=O)[C@H]1CN(Cc2ccccc2)C[C@@H]1NC(=O)c1ccnnc1. The summed E-state index contributed by atoms with van der Waals surface area (Å²) in [4.78, 5) is 26.8. The van der Waals surface area contributed by atoms with Gasteiger partial charge < -0.3 is 10.6 Å². The van der Waals surface area contributed by atoms with Crippen molar-refractivity contribution in [1.82, 2.24) is 25.7 Å². The molecule has 0 saturated carbocycles. The molecule has 2 atom stereocenters. The second kappa shape index (κ2) is 7.85. The lowest BCUT2D eigenvalue weighted by molar-refractivity contribution is -0.124. The molecule has 0 spiro atoms. The van der Waals surface area contributed by atoms with Gasteiger partial charge in [0.1, 0.15) is 0 Å². The van der Waals surface area contributed by atoms with Crippen molar-refractivity contribution >= 4 is 11.8 Å². The average molecular weight is 339 g/mol. The highest BCUT2D eigenvalue weighted by Gasteiger charge is 2.38. The molecule has 25 heavy (non-hydrogen) atoms. The lowest BCUT2D eigenvalue weighted by Crippen LogP contribution is -2.45. The minimum atomic E-state index is -0.285. The van der Waals surface area contributed by atoms with E-state index in [1.807, 2.05) is 18.2 Å². The Kier molecular flexibility index (Phi) is 5.35. The molecule has 0 bridgehead atoms. The van der Waals surface area contributed by atoms with E-state index in [2.05, 4.69) is 37.9 Å². The molecule has 1 fully saturated rings. The van der Waals surface area contributed by atoms with Crippen molar-refractivity contribution in [2.45, 2.75) is 12.6 Å². The van der Waals surface area contributed by atoms with Crippen LogP contribution in [0.4, 0.5) is 0 Å². The normalized spacial score (nSPS) is 20.2. The van der Waals surface area contributed by atoms with Gasteiger partial charge in [0, 0.05) is 26.7 Å². The molecular weight excluding hydrogens is 318 g/mol. The van der Waals surface area contributed by atoms with Crippen LogP contribution in [0.5, 0.6) is 0 Å². The van der Waals surface area contributed by atoms with Gasteiger partial charge in [-0.15, -0.1) is 0 Å². The molecular formula is C18H21N5O2. The van der Waals surface area contributed by atoms with Crippen LogP contribution >= 0.6 is 0 Å². The molecule has 7 nitrogen and oxygen atoms in total. The summed E-state index contributed by atoms with van der Waals surface area (Å²) in [7, 11) is 1.62. The summed E-state index contributed by atoms with van der Waals surface area (Å²) in [5.74, 6) is -0.587. The Morgan fingerprint density at radius 3 is 2.64 bits per heavy atom. The fraction of sp³-hybridized carbons (Fsp3) is 0.333. The molecule has 0 unspecified atom stereocenters. The Labute approximate surface area is 146 Å². The number of hydrogen-bond acceptors (Lipinski definition) is 5. The maximum atomic E-state index is 12.4. The van der Waals surface area contributed by atoms with Crippen molar-refractivity contribution in [2.24, 2.45) is 5.92 Å². The standard InChI is InChI=1S/C18H21N5O2/c1-19-18(25)15-11-23(10-13-5-3-2-4-6-13)12-16(15)22-17(24)14-7-8-20-21-9-14/h2-9,15-16H,10-12H2,1H3,(H,19,25)(H,22,24)/t15-,16-/m0/s1. The molecule has 2 N–H and O–H groups in total. The van der Waals surface area contributed by atoms with E-state index >= 15 is 0 Å². The number of rotatable bonds is 5. The van der Waals surface area contributed by atoms with Crippen molar-refractivity contribution in [3.63, 3.8) is 0 Å². The maximum Gasteiger partial charge on any atom is 0.253 e. The predicted molar refractivity (Wildman–Crippen MR) is 92.6 cm³/mol. The molecule has 0 aliphatic carbocycles. The average Bonchev–Trinajstić information content (AvgIpc) is 3.04. The Bertz CT molecular complexity index is 723. The Hall–Kier alpha value is -2.80. The fourth-order valence-corrected chi connectivity index (χ4v) is 3.13. The summed E-state index contributed by atoms with van der Waals surface area (Å²) >= 11 is 0. The zero-order valence-corrected chi connectivity index (χ0v) is 14.1. The molecule has 1 aromatic heterocycles. The number of aromatic nitrogens is 2. The molecule has 130 valence electrons. The minimum Gasteiger partial charge on any atom is -0.359 e. The smallest absolute Gasteiger partial charge is 0.253 e. The predicted octanol–water partition coefficient (Wildman–Crippen LogP) is 0.453. The molecule has 1 saturated heterocycles. The van der Waals surface area contributed by atoms with E-state index in [0.29, 0.717) is 18.7 Å². The fourth-order valence-electron chi connectivity index (χ4n) is 3.13. The first-order valence-electron chi connectivity index (χ1n) is 8.23. The van der Waals surface area contributed by atoms with Crippen LogP contribution in [0.25, 0.3) is 0 Å². The lowest BCUT2D eigenvalue weighted by Gasteiger charge is -2.18. The zero-order chi connectivity index (χ0) is 17.6. The van der Waals surface area contributed by atoms with Crippen LogP contribution in [0.2, 0.25) is 0 Å². The quantitative estimate of drug-likeness (QED) is 0.826. The molecule has 1 aliphatic heterocycles. The van der Waals surface area contributed by atoms with Gasteiger partial charge in [0.2, 0.25) is 5.91 Å². The molecule has 3 rings (SSSR count). The molecule has 7 heteroatoms. The number of hydrogen-bond donors (Lipinski definition) is 2. The van der Waals surface area contributed by atoms with Crippen LogP contribution in [0.15, 0.2) is 48.8 Å². The van der Waals surface area contributed by atoms with Crippen molar-refractivity contribution < 1.29 is 9.59 Å². The summed E-state index contributed by atoms with van der Waals surface area (Å²) in [5, 5.41) is 13.1. The number of nitrogens with one attached hydrogen (secondary N) is 2. The Morgan fingerprint density at radius 2 is 1.96 bits per heavy atom. The van der Waals surface area contributed by atoms with Crippen molar-refractivity contribution in [1.29, 1.82) is 0 Å². The van der Waals surface area contributed by atoms with Gasteiger partial charge >= 0.3 is 0 Å². The van der Waals surface area contributed by atoms with E-state index < -0.39 is 0 Å². The van der Waals surface area contributed by atoms with Gasteiger partial charge in [-0.3, -0.25) is 14.5 Å². The first-order valence-corrected chi connectivity index (χ1v) is 8.23.